The quantitative estimate of drug-likeness (QED) is 0.850. The first kappa shape index (κ1) is 17.0. The summed E-state index contributed by atoms with van der Waals surface area (Å²) in [5, 5.41) is 2.87. The molecule has 3 rings (SSSR count). The Labute approximate surface area is 144 Å². The predicted octanol–water partition coefficient (Wildman–Crippen LogP) is 0.603. The Bertz CT molecular complexity index is 884. The zero-order valence-electron chi connectivity index (χ0n) is 14.1. The van der Waals surface area contributed by atoms with Gasteiger partial charge in [0.15, 0.2) is 0 Å². The average molecular weight is 343 g/mol. The van der Waals surface area contributed by atoms with Crippen LogP contribution < -0.4 is 21.3 Å². The van der Waals surface area contributed by atoms with Crippen LogP contribution in [0.15, 0.2) is 40.1 Å². The number of aromatic nitrogens is 2. The molecule has 132 valence electrons. The molecule has 2 N–H and O–H groups in total. The first-order valence-corrected chi connectivity index (χ1v) is 8.30. The lowest BCUT2D eigenvalue weighted by atomic mass is 9.97. The summed E-state index contributed by atoms with van der Waals surface area (Å²) in [5.74, 6) is 0.931. The zero-order chi connectivity index (χ0) is 17.8. The minimum absolute atomic E-state index is 0.115. The lowest BCUT2D eigenvalue weighted by Crippen LogP contribution is -2.38. The summed E-state index contributed by atoms with van der Waals surface area (Å²) in [6.45, 7) is 2.62. The normalized spacial score (nSPS) is 16.4. The summed E-state index contributed by atoms with van der Waals surface area (Å²) in [7, 11) is 0. The summed E-state index contributed by atoms with van der Waals surface area (Å²) in [6.07, 6.45) is 3.09. The van der Waals surface area contributed by atoms with Gasteiger partial charge >= 0.3 is 5.69 Å². The molecule has 7 heteroatoms. The maximum Gasteiger partial charge on any atom is 0.328 e. The Morgan fingerprint density at radius 1 is 1.36 bits per heavy atom. The maximum atomic E-state index is 12.1. The van der Waals surface area contributed by atoms with Gasteiger partial charge in [-0.2, -0.15) is 0 Å². The minimum Gasteiger partial charge on any atom is -0.493 e. The third-order valence-electron chi connectivity index (χ3n) is 4.36. The topological polar surface area (TPSA) is 93.2 Å². The molecule has 2 aromatic rings. The van der Waals surface area contributed by atoms with Gasteiger partial charge < -0.3 is 10.1 Å². The van der Waals surface area contributed by atoms with Crippen LogP contribution in [0, 0.1) is 12.8 Å². The van der Waals surface area contributed by atoms with E-state index in [1.807, 2.05) is 24.3 Å². The molecule has 0 saturated carbocycles. The van der Waals surface area contributed by atoms with E-state index in [1.165, 1.54) is 10.8 Å². The molecule has 1 unspecified atom stereocenters. The van der Waals surface area contributed by atoms with Crippen LogP contribution in [0.3, 0.4) is 0 Å². The number of para-hydroxylation sites is 1. The van der Waals surface area contributed by atoms with Crippen LogP contribution in [0.4, 0.5) is 0 Å². The van der Waals surface area contributed by atoms with Gasteiger partial charge in [-0.15, -0.1) is 0 Å². The summed E-state index contributed by atoms with van der Waals surface area (Å²) in [5.41, 5.74) is 0.526. The highest BCUT2D eigenvalue weighted by molar-refractivity contribution is 5.75. The van der Waals surface area contributed by atoms with E-state index in [1.54, 1.807) is 6.92 Å². The Kier molecular flexibility index (Phi) is 5.02. The molecule has 2 heterocycles. The molecule has 0 radical (unpaired) electrons. The van der Waals surface area contributed by atoms with Crippen LogP contribution in [-0.2, 0) is 17.8 Å². The molecule has 1 aliphatic rings. The molecular weight excluding hydrogens is 322 g/mol. The number of rotatable bonds is 4. The summed E-state index contributed by atoms with van der Waals surface area (Å²) >= 11 is 0. The van der Waals surface area contributed by atoms with Crippen LogP contribution in [-0.4, -0.2) is 28.6 Å². The van der Waals surface area contributed by atoms with E-state index in [9.17, 15) is 14.4 Å². The highest BCUT2D eigenvalue weighted by Gasteiger charge is 2.18. The Morgan fingerprint density at radius 2 is 2.16 bits per heavy atom. The number of carbonyl (C=O) groups excluding carboxylic acids is 1. The Hall–Kier alpha value is -2.83. The van der Waals surface area contributed by atoms with Gasteiger partial charge in [0, 0.05) is 18.3 Å². The van der Waals surface area contributed by atoms with Crippen molar-refractivity contribution in [2.45, 2.75) is 26.3 Å². The highest BCUT2D eigenvalue weighted by atomic mass is 16.5. The molecule has 1 aromatic carbocycles. The average Bonchev–Trinajstić information content (AvgIpc) is 2.79. The number of nitrogens with zero attached hydrogens (tertiary/aromatic N) is 1. The smallest absolute Gasteiger partial charge is 0.328 e. The van der Waals surface area contributed by atoms with Crippen molar-refractivity contribution in [3.63, 3.8) is 0 Å². The predicted molar refractivity (Wildman–Crippen MR) is 92.8 cm³/mol. The van der Waals surface area contributed by atoms with E-state index >= 15 is 0 Å². The first-order chi connectivity index (χ1) is 12.0. The number of ether oxygens (including phenoxy) is 1. The lowest BCUT2D eigenvalue weighted by Gasteiger charge is -2.15. The fraction of sp³-hybridized carbons (Fsp3) is 0.389. The van der Waals surface area contributed by atoms with Gasteiger partial charge in [-0.05, 0) is 37.3 Å². The summed E-state index contributed by atoms with van der Waals surface area (Å²) in [6, 6.07) is 7.93. The molecule has 7 nitrogen and oxygen atoms in total. The van der Waals surface area contributed by atoms with E-state index in [0.29, 0.717) is 18.7 Å². The van der Waals surface area contributed by atoms with Crippen molar-refractivity contribution in [1.29, 1.82) is 0 Å². The van der Waals surface area contributed by atoms with Crippen molar-refractivity contribution in [3.8, 4) is 5.75 Å². The fourth-order valence-corrected chi connectivity index (χ4v) is 2.94. The summed E-state index contributed by atoms with van der Waals surface area (Å²) in [4.78, 5) is 37.4. The number of aryl methyl sites for hydroxylation is 1. The van der Waals surface area contributed by atoms with Gasteiger partial charge in [0.2, 0.25) is 5.91 Å². The molecule has 0 aliphatic carbocycles. The Balaban J connectivity index is 1.59. The highest BCUT2D eigenvalue weighted by Crippen LogP contribution is 2.26. The number of hydrogen-bond donors (Lipinski definition) is 2. The van der Waals surface area contributed by atoms with E-state index in [4.69, 9.17) is 4.74 Å². The van der Waals surface area contributed by atoms with Crippen LogP contribution in [0.25, 0.3) is 0 Å². The number of carbonyl (C=O) groups is 1. The van der Waals surface area contributed by atoms with Gasteiger partial charge in [0.1, 0.15) is 12.3 Å². The molecule has 0 spiro atoms. The molecular formula is C18H21N3O4. The van der Waals surface area contributed by atoms with Gasteiger partial charge in [0.05, 0.1) is 6.61 Å². The fourth-order valence-electron chi connectivity index (χ4n) is 2.94. The van der Waals surface area contributed by atoms with Gasteiger partial charge in [-0.25, -0.2) is 4.79 Å². The van der Waals surface area contributed by atoms with Gasteiger partial charge in [-0.1, -0.05) is 18.2 Å². The van der Waals surface area contributed by atoms with Crippen LogP contribution >= 0.6 is 0 Å². The van der Waals surface area contributed by atoms with E-state index in [0.717, 1.165) is 24.2 Å². The van der Waals surface area contributed by atoms with Crippen molar-refractivity contribution >= 4 is 5.91 Å². The van der Waals surface area contributed by atoms with Crippen molar-refractivity contribution in [2.24, 2.45) is 5.92 Å². The molecule has 0 saturated heterocycles. The first-order valence-electron chi connectivity index (χ1n) is 8.30. The van der Waals surface area contributed by atoms with Crippen LogP contribution in [0.5, 0.6) is 5.75 Å². The molecule has 0 fully saturated rings. The van der Waals surface area contributed by atoms with Crippen molar-refractivity contribution < 1.29 is 9.53 Å². The molecule has 1 atom stereocenters. The molecule has 0 bridgehead atoms. The number of nitrogens with one attached hydrogen (secondary N) is 2. The van der Waals surface area contributed by atoms with Crippen molar-refractivity contribution in [2.75, 3.05) is 13.2 Å². The SMILES string of the molecule is Cc1cn(CC(=O)NCC2CCOc3ccccc3C2)c(=O)[nH]c1=O. The number of hydrogen-bond acceptors (Lipinski definition) is 4. The van der Waals surface area contributed by atoms with E-state index < -0.39 is 11.2 Å². The largest absolute Gasteiger partial charge is 0.493 e. The zero-order valence-corrected chi connectivity index (χ0v) is 14.1. The van der Waals surface area contributed by atoms with Gasteiger partial charge in [-0.3, -0.25) is 19.1 Å². The lowest BCUT2D eigenvalue weighted by molar-refractivity contribution is -0.121. The molecule has 25 heavy (non-hydrogen) atoms. The molecule has 1 aromatic heterocycles. The number of fused-ring (bicyclic) bond motifs is 1. The standard InChI is InChI=1S/C18H21N3O4/c1-12-10-21(18(24)20-17(12)23)11-16(22)19-9-13-6-7-25-15-5-3-2-4-14(15)8-13/h2-5,10,13H,6-9,11H2,1H3,(H,19,22)(H,20,23,24). The maximum absolute atomic E-state index is 12.1. The van der Waals surface area contributed by atoms with Crippen molar-refractivity contribution in [1.82, 2.24) is 14.9 Å². The van der Waals surface area contributed by atoms with Crippen molar-refractivity contribution in [3.05, 3.63) is 62.4 Å². The minimum atomic E-state index is -0.581. The van der Waals surface area contributed by atoms with Gasteiger partial charge in [0.25, 0.3) is 5.56 Å². The molecule has 1 aliphatic heterocycles. The van der Waals surface area contributed by atoms with E-state index in [2.05, 4.69) is 10.3 Å². The number of amides is 1. The third-order valence-corrected chi connectivity index (χ3v) is 4.36. The monoisotopic (exact) mass is 343 g/mol. The second-order valence-corrected chi connectivity index (χ2v) is 6.32. The van der Waals surface area contributed by atoms with Crippen LogP contribution in [0.2, 0.25) is 0 Å². The number of aromatic amines is 1. The second kappa shape index (κ2) is 7.38. The Morgan fingerprint density at radius 3 is 3.00 bits per heavy atom. The number of H-pyrrole nitrogens is 1. The van der Waals surface area contributed by atoms with E-state index in [-0.39, 0.29) is 18.4 Å². The van der Waals surface area contributed by atoms with Crippen LogP contribution in [0.1, 0.15) is 17.5 Å². The number of benzene rings is 1. The third kappa shape index (κ3) is 4.17. The molecule has 1 amide bonds. The summed E-state index contributed by atoms with van der Waals surface area (Å²) < 4.78 is 6.94. The second-order valence-electron chi connectivity index (χ2n) is 6.32.